The molecule has 6 heteroatoms. The van der Waals surface area contributed by atoms with Crippen LogP contribution in [0.5, 0.6) is 0 Å². The number of halogens is 3. The summed E-state index contributed by atoms with van der Waals surface area (Å²) in [6, 6.07) is 5.66. The Labute approximate surface area is 126 Å². The fourth-order valence-electron chi connectivity index (χ4n) is 2.91. The van der Waals surface area contributed by atoms with Crippen molar-refractivity contribution in [2.45, 2.75) is 31.6 Å². The standard InChI is InChI=1S/C16H16F3N3/c17-16(18,19)13-4-1-3-12(9-13)11-22-8-2-5-15(22)14-10-20-6-7-21-14/h1,3-4,6-7,9-10,15H,2,5,8,11H2. The Morgan fingerprint density at radius 3 is 2.82 bits per heavy atom. The zero-order chi connectivity index (χ0) is 15.6. The lowest BCUT2D eigenvalue weighted by Crippen LogP contribution is -2.23. The first-order chi connectivity index (χ1) is 10.5. The minimum Gasteiger partial charge on any atom is -0.290 e. The van der Waals surface area contributed by atoms with Crippen molar-refractivity contribution < 1.29 is 13.2 Å². The van der Waals surface area contributed by atoms with Crippen molar-refractivity contribution in [3.8, 4) is 0 Å². The van der Waals surface area contributed by atoms with Gasteiger partial charge in [-0.1, -0.05) is 18.2 Å². The zero-order valence-corrected chi connectivity index (χ0v) is 11.9. The Balaban J connectivity index is 1.78. The molecule has 0 amide bonds. The third-order valence-corrected chi connectivity index (χ3v) is 3.93. The molecule has 0 aliphatic carbocycles. The van der Waals surface area contributed by atoms with Crippen LogP contribution in [0.25, 0.3) is 0 Å². The van der Waals surface area contributed by atoms with E-state index in [0.29, 0.717) is 12.1 Å². The van der Waals surface area contributed by atoms with Crippen molar-refractivity contribution in [1.29, 1.82) is 0 Å². The van der Waals surface area contributed by atoms with Crippen LogP contribution in [0.3, 0.4) is 0 Å². The molecule has 116 valence electrons. The van der Waals surface area contributed by atoms with E-state index >= 15 is 0 Å². The lowest BCUT2D eigenvalue weighted by Gasteiger charge is -2.24. The maximum Gasteiger partial charge on any atom is 0.416 e. The van der Waals surface area contributed by atoms with E-state index in [2.05, 4.69) is 14.9 Å². The second-order valence-electron chi connectivity index (χ2n) is 5.46. The van der Waals surface area contributed by atoms with Gasteiger partial charge in [-0.05, 0) is 31.0 Å². The molecule has 0 spiro atoms. The maximum atomic E-state index is 12.8. The zero-order valence-electron chi connectivity index (χ0n) is 11.9. The van der Waals surface area contributed by atoms with Crippen molar-refractivity contribution in [3.63, 3.8) is 0 Å². The molecule has 3 rings (SSSR count). The van der Waals surface area contributed by atoms with E-state index < -0.39 is 11.7 Å². The summed E-state index contributed by atoms with van der Waals surface area (Å²) >= 11 is 0. The highest BCUT2D eigenvalue weighted by Crippen LogP contribution is 2.33. The van der Waals surface area contributed by atoms with E-state index in [1.54, 1.807) is 24.7 Å². The van der Waals surface area contributed by atoms with Gasteiger partial charge in [0.2, 0.25) is 0 Å². The molecule has 1 atom stereocenters. The number of nitrogens with zero attached hydrogens (tertiary/aromatic N) is 3. The van der Waals surface area contributed by atoms with Crippen LogP contribution in [0.15, 0.2) is 42.9 Å². The van der Waals surface area contributed by atoms with E-state index in [-0.39, 0.29) is 6.04 Å². The first kappa shape index (κ1) is 15.0. The summed E-state index contributed by atoms with van der Waals surface area (Å²) in [6.45, 7) is 1.35. The monoisotopic (exact) mass is 307 g/mol. The second kappa shape index (κ2) is 6.04. The van der Waals surface area contributed by atoms with Gasteiger partial charge in [-0.3, -0.25) is 14.9 Å². The van der Waals surface area contributed by atoms with Crippen LogP contribution in [-0.2, 0) is 12.7 Å². The summed E-state index contributed by atoms with van der Waals surface area (Å²) in [5, 5.41) is 0. The topological polar surface area (TPSA) is 29.0 Å². The number of hydrogen-bond acceptors (Lipinski definition) is 3. The molecule has 1 aromatic heterocycles. The Morgan fingerprint density at radius 2 is 2.09 bits per heavy atom. The summed E-state index contributed by atoms with van der Waals surface area (Å²) < 4.78 is 38.4. The van der Waals surface area contributed by atoms with E-state index in [4.69, 9.17) is 0 Å². The normalized spacial score (nSPS) is 19.5. The van der Waals surface area contributed by atoms with Crippen molar-refractivity contribution >= 4 is 0 Å². The van der Waals surface area contributed by atoms with Gasteiger partial charge >= 0.3 is 6.18 Å². The van der Waals surface area contributed by atoms with Crippen LogP contribution in [0, 0.1) is 0 Å². The summed E-state index contributed by atoms with van der Waals surface area (Å²) in [7, 11) is 0. The molecular formula is C16H16F3N3. The molecule has 0 bridgehead atoms. The SMILES string of the molecule is FC(F)(F)c1cccc(CN2CCCC2c2cnccn2)c1. The number of rotatable bonds is 3. The van der Waals surface area contributed by atoms with Crippen molar-refractivity contribution in [1.82, 2.24) is 14.9 Å². The number of likely N-dealkylation sites (tertiary alicyclic amines) is 1. The minimum atomic E-state index is -4.30. The molecule has 1 aromatic carbocycles. The number of alkyl halides is 3. The highest BCUT2D eigenvalue weighted by Gasteiger charge is 2.31. The molecule has 1 aliphatic rings. The van der Waals surface area contributed by atoms with Crippen LogP contribution >= 0.6 is 0 Å². The second-order valence-corrected chi connectivity index (χ2v) is 5.46. The van der Waals surface area contributed by atoms with E-state index in [9.17, 15) is 13.2 Å². The number of aromatic nitrogens is 2. The maximum absolute atomic E-state index is 12.8. The summed E-state index contributed by atoms with van der Waals surface area (Å²) in [6.07, 6.45) is 2.67. The van der Waals surface area contributed by atoms with Crippen LogP contribution in [0.1, 0.15) is 35.7 Å². The van der Waals surface area contributed by atoms with Gasteiger partial charge in [-0.25, -0.2) is 0 Å². The van der Waals surface area contributed by atoms with Crippen LogP contribution < -0.4 is 0 Å². The molecule has 1 aliphatic heterocycles. The average molecular weight is 307 g/mol. The van der Waals surface area contributed by atoms with E-state index in [0.717, 1.165) is 31.1 Å². The van der Waals surface area contributed by atoms with Crippen LogP contribution in [0.2, 0.25) is 0 Å². The molecule has 0 saturated carbocycles. The molecule has 2 aromatic rings. The van der Waals surface area contributed by atoms with Gasteiger partial charge in [-0.2, -0.15) is 13.2 Å². The fraction of sp³-hybridized carbons (Fsp3) is 0.375. The first-order valence-corrected chi connectivity index (χ1v) is 7.20. The third-order valence-electron chi connectivity index (χ3n) is 3.93. The van der Waals surface area contributed by atoms with Gasteiger partial charge in [0.05, 0.1) is 17.3 Å². The van der Waals surface area contributed by atoms with Gasteiger partial charge < -0.3 is 0 Å². The molecule has 1 saturated heterocycles. The van der Waals surface area contributed by atoms with Crippen molar-refractivity contribution in [3.05, 3.63) is 59.7 Å². The largest absolute Gasteiger partial charge is 0.416 e. The van der Waals surface area contributed by atoms with Gasteiger partial charge in [0.15, 0.2) is 0 Å². The molecule has 0 radical (unpaired) electrons. The molecule has 22 heavy (non-hydrogen) atoms. The van der Waals surface area contributed by atoms with Gasteiger partial charge in [-0.15, -0.1) is 0 Å². The first-order valence-electron chi connectivity index (χ1n) is 7.20. The predicted molar refractivity (Wildman–Crippen MR) is 75.9 cm³/mol. The molecular weight excluding hydrogens is 291 g/mol. The van der Waals surface area contributed by atoms with E-state index in [1.165, 1.54) is 12.1 Å². The molecule has 1 fully saturated rings. The summed E-state index contributed by atoms with van der Waals surface area (Å²) in [5.41, 5.74) is 0.956. The van der Waals surface area contributed by atoms with Crippen molar-refractivity contribution in [2.24, 2.45) is 0 Å². The summed E-state index contributed by atoms with van der Waals surface area (Å²) in [4.78, 5) is 10.6. The minimum absolute atomic E-state index is 0.128. The highest BCUT2D eigenvalue weighted by molar-refractivity contribution is 5.26. The predicted octanol–water partition coefficient (Wildman–Crippen LogP) is 3.83. The van der Waals surface area contributed by atoms with Gasteiger partial charge in [0.25, 0.3) is 0 Å². The molecule has 2 heterocycles. The number of benzene rings is 1. The highest BCUT2D eigenvalue weighted by atomic mass is 19.4. The lowest BCUT2D eigenvalue weighted by molar-refractivity contribution is -0.137. The Hall–Kier alpha value is -1.95. The Kier molecular flexibility index (Phi) is 4.11. The number of hydrogen-bond donors (Lipinski definition) is 0. The van der Waals surface area contributed by atoms with Gasteiger partial charge in [0.1, 0.15) is 0 Å². The Bertz CT molecular complexity index is 628. The lowest BCUT2D eigenvalue weighted by atomic mass is 10.1. The van der Waals surface area contributed by atoms with Crippen LogP contribution in [-0.4, -0.2) is 21.4 Å². The van der Waals surface area contributed by atoms with Crippen LogP contribution in [0.4, 0.5) is 13.2 Å². The summed E-state index contributed by atoms with van der Waals surface area (Å²) in [5.74, 6) is 0. The third kappa shape index (κ3) is 3.27. The fourth-order valence-corrected chi connectivity index (χ4v) is 2.91. The van der Waals surface area contributed by atoms with Gasteiger partial charge in [0, 0.05) is 25.1 Å². The molecule has 3 nitrogen and oxygen atoms in total. The molecule has 0 N–H and O–H groups in total. The Morgan fingerprint density at radius 1 is 1.23 bits per heavy atom. The smallest absolute Gasteiger partial charge is 0.290 e. The average Bonchev–Trinajstić information content (AvgIpc) is 2.96. The van der Waals surface area contributed by atoms with Crippen molar-refractivity contribution in [2.75, 3.05) is 6.54 Å². The van der Waals surface area contributed by atoms with E-state index in [1.807, 2.05) is 0 Å². The quantitative estimate of drug-likeness (QED) is 0.863. The molecule has 1 unspecified atom stereocenters.